The standard InChI is InChI=1S/C24H36ClN3O.C22H33N3O/c1-26(2)24(21-10-4-3-5-11-21)14-12-23(13-15-24)19-27(17-7-16-25)22(29)28(23)18-20-8-6-9-20;1-20(10-7-11-20)17-25-19(26)23-16-21(25)12-14-22(15-13-21,24(2)3)18-8-5-4-6-9-18/h3-5,10-11,20H,6-9,12-19H2,1-2H3;4-6,8-9H,7,10-17H2,1-3H3,(H,23,26). The number of carbonyl (C=O) groups is 2. The molecular formula is C46H69ClN6O2. The number of halogens is 1. The van der Waals surface area contributed by atoms with Crippen molar-refractivity contribution in [2.45, 2.75) is 125 Å². The third-order valence-corrected chi connectivity index (χ3v) is 15.9. The lowest BCUT2D eigenvalue weighted by Crippen LogP contribution is -2.57. The van der Waals surface area contributed by atoms with Crippen molar-refractivity contribution in [2.24, 2.45) is 11.3 Å². The number of nitrogens with one attached hydrogen (secondary N) is 1. The van der Waals surface area contributed by atoms with E-state index in [4.69, 9.17) is 11.6 Å². The minimum atomic E-state index is 0.00722. The van der Waals surface area contributed by atoms with E-state index in [1.807, 2.05) is 0 Å². The van der Waals surface area contributed by atoms with Crippen molar-refractivity contribution in [3.8, 4) is 0 Å². The Hall–Kier alpha value is -2.81. The molecule has 302 valence electrons. The second-order valence-electron chi connectivity index (χ2n) is 19.1. The van der Waals surface area contributed by atoms with Crippen molar-refractivity contribution in [3.05, 3.63) is 71.8 Å². The molecule has 0 aromatic heterocycles. The zero-order valence-electron chi connectivity index (χ0n) is 34.6. The van der Waals surface area contributed by atoms with Gasteiger partial charge in [-0.3, -0.25) is 9.80 Å². The van der Waals surface area contributed by atoms with E-state index in [0.29, 0.717) is 17.2 Å². The number of hydrogen-bond donors (Lipinski definition) is 1. The van der Waals surface area contributed by atoms with Crippen LogP contribution in [0.15, 0.2) is 60.7 Å². The highest BCUT2D eigenvalue weighted by Crippen LogP contribution is 2.51. The van der Waals surface area contributed by atoms with E-state index in [2.05, 4.69) is 126 Å². The first-order chi connectivity index (χ1) is 26.4. The molecule has 9 heteroatoms. The van der Waals surface area contributed by atoms with Gasteiger partial charge < -0.3 is 20.0 Å². The highest BCUT2D eigenvalue weighted by atomic mass is 35.5. The van der Waals surface area contributed by atoms with E-state index in [1.54, 1.807) is 0 Å². The van der Waals surface area contributed by atoms with Crippen LogP contribution in [0.4, 0.5) is 9.59 Å². The van der Waals surface area contributed by atoms with Crippen molar-refractivity contribution in [1.82, 2.24) is 29.8 Å². The van der Waals surface area contributed by atoms with Crippen LogP contribution in [0.1, 0.15) is 114 Å². The van der Waals surface area contributed by atoms with Crippen molar-refractivity contribution in [1.29, 1.82) is 0 Å². The molecule has 0 atom stereocenters. The van der Waals surface area contributed by atoms with Gasteiger partial charge in [0.2, 0.25) is 0 Å². The average molecular weight is 774 g/mol. The molecule has 2 heterocycles. The summed E-state index contributed by atoms with van der Waals surface area (Å²) in [5, 5.41) is 3.17. The summed E-state index contributed by atoms with van der Waals surface area (Å²) in [6.45, 7) is 6.74. The summed E-state index contributed by atoms with van der Waals surface area (Å²) >= 11 is 5.94. The van der Waals surface area contributed by atoms with E-state index < -0.39 is 0 Å². The molecule has 6 aliphatic rings. The quantitative estimate of drug-likeness (QED) is 0.232. The monoisotopic (exact) mass is 773 g/mol. The molecule has 2 aliphatic heterocycles. The minimum Gasteiger partial charge on any atom is -0.336 e. The predicted molar refractivity (Wildman–Crippen MR) is 224 cm³/mol. The zero-order valence-corrected chi connectivity index (χ0v) is 35.4. The van der Waals surface area contributed by atoms with Crippen LogP contribution in [0.2, 0.25) is 0 Å². The molecule has 0 unspecified atom stereocenters. The lowest BCUT2D eigenvalue weighted by atomic mass is 9.66. The number of carbonyl (C=O) groups excluding carboxylic acids is 2. The Kier molecular flexibility index (Phi) is 11.9. The van der Waals surface area contributed by atoms with Crippen LogP contribution in [0.3, 0.4) is 0 Å². The van der Waals surface area contributed by atoms with Crippen molar-refractivity contribution in [2.75, 3.05) is 66.8 Å². The molecule has 0 radical (unpaired) electrons. The molecule has 4 amide bonds. The van der Waals surface area contributed by atoms with E-state index in [0.717, 1.165) is 90.5 Å². The topological polar surface area (TPSA) is 62.4 Å². The van der Waals surface area contributed by atoms with E-state index in [9.17, 15) is 9.59 Å². The Labute approximate surface area is 337 Å². The van der Waals surface area contributed by atoms with Gasteiger partial charge in [0.25, 0.3) is 0 Å². The summed E-state index contributed by atoms with van der Waals surface area (Å²) in [5.41, 5.74) is 3.34. The Bertz CT molecular complexity index is 1590. The molecule has 6 fully saturated rings. The number of amides is 4. The zero-order chi connectivity index (χ0) is 38.9. The first-order valence-corrected chi connectivity index (χ1v) is 22.1. The van der Waals surface area contributed by atoms with Crippen LogP contribution in [0.25, 0.3) is 0 Å². The van der Waals surface area contributed by atoms with Gasteiger partial charge in [-0.1, -0.05) is 80.4 Å². The van der Waals surface area contributed by atoms with Gasteiger partial charge in [-0.05, 0) is 134 Å². The molecular weight excluding hydrogens is 704 g/mol. The molecule has 2 spiro atoms. The maximum absolute atomic E-state index is 13.3. The first-order valence-electron chi connectivity index (χ1n) is 21.5. The van der Waals surface area contributed by atoms with Gasteiger partial charge in [-0.15, -0.1) is 11.6 Å². The Morgan fingerprint density at radius 3 is 1.67 bits per heavy atom. The molecule has 2 aromatic rings. The highest BCUT2D eigenvalue weighted by molar-refractivity contribution is 6.17. The van der Waals surface area contributed by atoms with Gasteiger partial charge in [0, 0.05) is 49.7 Å². The fourth-order valence-electron chi connectivity index (χ4n) is 11.3. The van der Waals surface area contributed by atoms with Gasteiger partial charge in [-0.25, -0.2) is 9.59 Å². The average Bonchev–Trinajstić information content (AvgIpc) is 3.60. The number of alkyl halides is 1. The molecule has 0 bridgehead atoms. The minimum absolute atomic E-state index is 0.00722. The summed E-state index contributed by atoms with van der Waals surface area (Å²) in [4.78, 5) is 37.4. The van der Waals surface area contributed by atoms with Crippen LogP contribution in [-0.2, 0) is 11.1 Å². The second-order valence-corrected chi connectivity index (χ2v) is 19.5. The molecule has 55 heavy (non-hydrogen) atoms. The summed E-state index contributed by atoms with van der Waals surface area (Å²) in [7, 11) is 8.83. The molecule has 2 saturated heterocycles. The Morgan fingerprint density at radius 2 is 1.24 bits per heavy atom. The molecule has 8 nitrogen and oxygen atoms in total. The first kappa shape index (κ1) is 40.4. The fourth-order valence-corrected chi connectivity index (χ4v) is 11.5. The van der Waals surface area contributed by atoms with Crippen LogP contribution in [0, 0.1) is 11.3 Å². The molecule has 1 N–H and O–H groups in total. The van der Waals surface area contributed by atoms with Crippen molar-refractivity contribution >= 4 is 23.7 Å². The van der Waals surface area contributed by atoms with Gasteiger partial charge in [0.1, 0.15) is 0 Å². The maximum Gasteiger partial charge on any atom is 0.320 e. The summed E-state index contributed by atoms with van der Waals surface area (Å²) in [6, 6.07) is 22.3. The lowest BCUT2D eigenvalue weighted by molar-refractivity contribution is 0.000307. The summed E-state index contributed by atoms with van der Waals surface area (Å²) < 4.78 is 0. The third-order valence-electron chi connectivity index (χ3n) is 15.6. The van der Waals surface area contributed by atoms with Crippen LogP contribution >= 0.6 is 11.6 Å². The molecule has 4 saturated carbocycles. The molecule has 2 aromatic carbocycles. The summed E-state index contributed by atoms with van der Waals surface area (Å²) in [6.07, 6.45) is 17.3. The number of urea groups is 2. The number of rotatable bonds is 11. The summed E-state index contributed by atoms with van der Waals surface area (Å²) in [5.74, 6) is 1.33. The smallest absolute Gasteiger partial charge is 0.320 e. The van der Waals surface area contributed by atoms with Crippen LogP contribution < -0.4 is 5.32 Å². The van der Waals surface area contributed by atoms with E-state index >= 15 is 0 Å². The normalized spacial score (nSPS) is 31.8. The van der Waals surface area contributed by atoms with E-state index in [-0.39, 0.29) is 34.2 Å². The molecule has 8 rings (SSSR count). The Balaban J connectivity index is 0.000000170. The largest absolute Gasteiger partial charge is 0.336 e. The van der Waals surface area contributed by atoms with Crippen molar-refractivity contribution in [3.63, 3.8) is 0 Å². The predicted octanol–water partition coefficient (Wildman–Crippen LogP) is 8.89. The van der Waals surface area contributed by atoms with E-state index in [1.165, 1.54) is 49.7 Å². The second kappa shape index (κ2) is 16.2. The SMILES string of the molecule is CN(C)C1(c2ccccc2)CCC2(CC1)CN(CCCCl)C(=O)N2CC1CCC1.CN(C)C1(c2ccccc2)CCC2(CC1)CNC(=O)N2CC1(C)CCC1. The molecule has 4 aliphatic carbocycles. The van der Waals surface area contributed by atoms with Crippen LogP contribution in [-0.4, -0.2) is 114 Å². The van der Waals surface area contributed by atoms with Gasteiger partial charge in [0.15, 0.2) is 0 Å². The highest BCUT2D eigenvalue weighted by Gasteiger charge is 2.56. The van der Waals surface area contributed by atoms with Gasteiger partial charge >= 0.3 is 12.1 Å². The van der Waals surface area contributed by atoms with Gasteiger partial charge in [-0.2, -0.15) is 0 Å². The van der Waals surface area contributed by atoms with Crippen molar-refractivity contribution < 1.29 is 9.59 Å². The Morgan fingerprint density at radius 1 is 0.709 bits per heavy atom. The third kappa shape index (κ3) is 7.66. The lowest BCUT2D eigenvalue weighted by Gasteiger charge is -2.53. The number of nitrogens with zero attached hydrogens (tertiary/aromatic N) is 5. The maximum atomic E-state index is 13.3. The van der Waals surface area contributed by atoms with Crippen LogP contribution in [0.5, 0.6) is 0 Å². The number of hydrogen-bond acceptors (Lipinski definition) is 4. The number of benzene rings is 2. The van der Waals surface area contributed by atoms with Gasteiger partial charge in [0.05, 0.1) is 11.1 Å². The fraction of sp³-hybridized carbons (Fsp3) is 0.696.